The van der Waals surface area contributed by atoms with Crippen molar-refractivity contribution in [3.8, 4) is 0 Å². The van der Waals surface area contributed by atoms with E-state index in [2.05, 4.69) is 24.2 Å². The summed E-state index contributed by atoms with van der Waals surface area (Å²) in [7, 11) is 0. The van der Waals surface area contributed by atoms with Gasteiger partial charge in [0.2, 0.25) is 0 Å². The SMILES string of the molecule is CC(C)(C(NN)C1=COCCC1)N1CCOCC1. The van der Waals surface area contributed by atoms with Gasteiger partial charge in [-0.25, -0.2) is 0 Å². The molecule has 0 aromatic carbocycles. The van der Waals surface area contributed by atoms with E-state index < -0.39 is 0 Å². The second-order valence-corrected chi connectivity index (χ2v) is 5.52. The van der Waals surface area contributed by atoms with E-state index in [9.17, 15) is 0 Å². The first-order chi connectivity index (χ1) is 8.66. The van der Waals surface area contributed by atoms with Crippen LogP contribution in [0.3, 0.4) is 0 Å². The molecule has 0 aromatic heterocycles. The van der Waals surface area contributed by atoms with Crippen LogP contribution in [-0.2, 0) is 9.47 Å². The Bertz CT molecular complexity index is 299. The molecule has 0 saturated carbocycles. The molecule has 2 aliphatic rings. The molecule has 0 radical (unpaired) electrons. The van der Waals surface area contributed by atoms with Gasteiger partial charge in [0.15, 0.2) is 0 Å². The van der Waals surface area contributed by atoms with Crippen LogP contribution in [0.5, 0.6) is 0 Å². The predicted molar refractivity (Wildman–Crippen MR) is 70.9 cm³/mol. The largest absolute Gasteiger partial charge is 0.501 e. The summed E-state index contributed by atoms with van der Waals surface area (Å²) in [5.74, 6) is 5.79. The lowest BCUT2D eigenvalue weighted by molar-refractivity contribution is -0.0200. The number of rotatable bonds is 4. The second kappa shape index (κ2) is 6.02. The van der Waals surface area contributed by atoms with E-state index >= 15 is 0 Å². The average molecular weight is 255 g/mol. The maximum absolute atomic E-state index is 5.79. The summed E-state index contributed by atoms with van der Waals surface area (Å²) in [4.78, 5) is 2.44. The van der Waals surface area contributed by atoms with Gasteiger partial charge >= 0.3 is 0 Å². The van der Waals surface area contributed by atoms with Crippen LogP contribution in [0.2, 0.25) is 0 Å². The summed E-state index contributed by atoms with van der Waals surface area (Å²) in [5.41, 5.74) is 4.21. The van der Waals surface area contributed by atoms with Crippen molar-refractivity contribution in [2.45, 2.75) is 38.3 Å². The molecule has 18 heavy (non-hydrogen) atoms. The number of morpholine rings is 1. The van der Waals surface area contributed by atoms with Crippen LogP contribution in [0.15, 0.2) is 11.8 Å². The van der Waals surface area contributed by atoms with E-state index in [0.717, 1.165) is 45.8 Å². The number of hydrazine groups is 1. The Morgan fingerprint density at radius 2 is 2.06 bits per heavy atom. The fraction of sp³-hybridized carbons (Fsp3) is 0.846. The first-order valence-electron chi connectivity index (χ1n) is 6.75. The molecule has 0 aliphatic carbocycles. The van der Waals surface area contributed by atoms with Crippen LogP contribution in [0.25, 0.3) is 0 Å². The van der Waals surface area contributed by atoms with Crippen LogP contribution in [-0.4, -0.2) is 49.4 Å². The number of nitrogens with one attached hydrogen (secondary N) is 1. The van der Waals surface area contributed by atoms with Gasteiger partial charge in [0.25, 0.3) is 0 Å². The summed E-state index contributed by atoms with van der Waals surface area (Å²) in [6, 6.07) is 0.121. The van der Waals surface area contributed by atoms with E-state index in [1.54, 1.807) is 0 Å². The van der Waals surface area contributed by atoms with Crippen molar-refractivity contribution >= 4 is 0 Å². The highest BCUT2D eigenvalue weighted by molar-refractivity contribution is 5.17. The fourth-order valence-corrected chi connectivity index (χ4v) is 2.88. The van der Waals surface area contributed by atoms with E-state index in [1.165, 1.54) is 5.57 Å². The van der Waals surface area contributed by atoms with Gasteiger partial charge in [0.05, 0.1) is 32.1 Å². The van der Waals surface area contributed by atoms with Crippen LogP contribution >= 0.6 is 0 Å². The fourth-order valence-electron chi connectivity index (χ4n) is 2.88. The average Bonchev–Trinajstić information content (AvgIpc) is 2.41. The van der Waals surface area contributed by atoms with E-state index in [1.807, 2.05) is 6.26 Å². The molecule has 104 valence electrons. The highest BCUT2D eigenvalue weighted by Crippen LogP contribution is 2.28. The van der Waals surface area contributed by atoms with Gasteiger partial charge in [-0.1, -0.05) is 0 Å². The zero-order valence-electron chi connectivity index (χ0n) is 11.4. The van der Waals surface area contributed by atoms with Crippen molar-refractivity contribution < 1.29 is 9.47 Å². The predicted octanol–water partition coefficient (Wildman–Crippen LogP) is 0.623. The normalized spacial score (nSPS) is 24.3. The highest BCUT2D eigenvalue weighted by Gasteiger charge is 2.38. The summed E-state index contributed by atoms with van der Waals surface area (Å²) in [5, 5.41) is 0. The molecule has 0 spiro atoms. The Kier molecular flexibility index (Phi) is 4.61. The van der Waals surface area contributed by atoms with Gasteiger partial charge in [0.1, 0.15) is 0 Å². The first kappa shape index (κ1) is 13.8. The van der Waals surface area contributed by atoms with Crippen molar-refractivity contribution in [1.82, 2.24) is 10.3 Å². The molecule has 1 saturated heterocycles. The van der Waals surface area contributed by atoms with E-state index in [0.29, 0.717) is 0 Å². The maximum atomic E-state index is 5.79. The molecule has 3 N–H and O–H groups in total. The summed E-state index contributed by atoms with van der Waals surface area (Å²) in [6.07, 6.45) is 4.02. The molecule has 5 nitrogen and oxygen atoms in total. The zero-order chi connectivity index (χ0) is 13.0. The lowest BCUT2D eigenvalue weighted by Gasteiger charge is -2.46. The zero-order valence-corrected chi connectivity index (χ0v) is 11.4. The Morgan fingerprint density at radius 1 is 1.33 bits per heavy atom. The third-order valence-electron chi connectivity index (χ3n) is 4.03. The summed E-state index contributed by atoms with van der Waals surface area (Å²) < 4.78 is 10.9. The van der Waals surface area contributed by atoms with Gasteiger partial charge in [-0.3, -0.25) is 16.2 Å². The maximum Gasteiger partial charge on any atom is 0.0876 e. The van der Waals surface area contributed by atoms with Crippen LogP contribution in [0.4, 0.5) is 0 Å². The van der Waals surface area contributed by atoms with Crippen molar-refractivity contribution in [3.05, 3.63) is 11.8 Å². The lowest BCUT2D eigenvalue weighted by atomic mass is 9.85. The Hall–Kier alpha value is -0.620. The minimum atomic E-state index is -0.0366. The van der Waals surface area contributed by atoms with Gasteiger partial charge in [-0.05, 0) is 32.3 Å². The number of nitrogens with zero attached hydrogens (tertiary/aromatic N) is 1. The Morgan fingerprint density at radius 3 is 2.61 bits per heavy atom. The number of ether oxygens (including phenoxy) is 2. The van der Waals surface area contributed by atoms with Crippen molar-refractivity contribution in [3.63, 3.8) is 0 Å². The molecule has 1 fully saturated rings. The Labute approximate surface area is 109 Å². The molecule has 0 amide bonds. The van der Waals surface area contributed by atoms with Gasteiger partial charge in [-0.2, -0.15) is 0 Å². The molecular weight excluding hydrogens is 230 g/mol. The first-order valence-corrected chi connectivity index (χ1v) is 6.75. The van der Waals surface area contributed by atoms with Gasteiger partial charge < -0.3 is 9.47 Å². The second-order valence-electron chi connectivity index (χ2n) is 5.52. The molecule has 1 atom stereocenters. The van der Waals surface area contributed by atoms with Crippen LogP contribution in [0.1, 0.15) is 26.7 Å². The van der Waals surface area contributed by atoms with E-state index in [4.69, 9.17) is 15.3 Å². The molecule has 5 heteroatoms. The van der Waals surface area contributed by atoms with Crippen LogP contribution < -0.4 is 11.3 Å². The number of nitrogens with two attached hydrogens (primary N) is 1. The third-order valence-corrected chi connectivity index (χ3v) is 4.03. The van der Waals surface area contributed by atoms with Crippen molar-refractivity contribution in [2.24, 2.45) is 5.84 Å². The highest BCUT2D eigenvalue weighted by atomic mass is 16.5. The Balaban J connectivity index is 2.11. The quantitative estimate of drug-likeness (QED) is 0.570. The van der Waals surface area contributed by atoms with E-state index in [-0.39, 0.29) is 11.6 Å². The monoisotopic (exact) mass is 255 g/mol. The topological polar surface area (TPSA) is 59.8 Å². The standard InChI is InChI=1S/C13H25N3O2/c1-13(2,16-5-8-17-9-6-16)12(15-14)11-4-3-7-18-10-11/h10,12,15H,3-9,14H2,1-2H3. The van der Waals surface area contributed by atoms with Crippen molar-refractivity contribution in [1.29, 1.82) is 0 Å². The molecule has 0 aromatic rings. The molecule has 0 bridgehead atoms. The molecule has 1 unspecified atom stereocenters. The van der Waals surface area contributed by atoms with Crippen LogP contribution in [0, 0.1) is 0 Å². The lowest BCUT2D eigenvalue weighted by Crippen LogP contribution is -2.62. The minimum absolute atomic E-state index is 0.0366. The number of hydrogen-bond donors (Lipinski definition) is 2. The molecular formula is C13H25N3O2. The van der Waals surface area contributed by atoms with Crippen molar-refractivity contribution in [2.75, 3.05) is 32.9 Å². The smallest absolute Gasteiger partial charge is 0.0876 e. The minimum Gasteiger partial charge on any atom is -0.501 e. The molecule has 2 rings (SSSR count). The summed E-state index contributed by atoms with van der Waals surface area (Å²) in [6.45, 7) is 8.81. The third kappa shape index (κ3) is 2.85. The molecule has 2 aliphatic heterocycles. The molecule has 2 heterocycles. The summed E-state index contributed by atoms with van der Waals surface area (Å²) >= 11 is 0. The van der Waals surface area contributed by atoms with Gasteiger partial charge in [0, 0.05) is 18.6 Å². The van der Waals surface area contributed by atoms with Gasteiger partial charge in [-0.15, -0.1) is 0 Å². The number of hydrogen-bond acceptors (Lipinski definition) is 5.